The van der Waals surface area contributed by atoms with Gasteiger partial charge < -0.3 is 9.84 Å². The first kappa shape index (κ1) is 15.1. The SMILES string of the molecule is COC(=O)c1ccc(-c2cccc(CO)c2)c(C(F)F)c1. The maximum atomic E-state index is 13.2. The number of halogens is 2. The first-order chi connectivity index (χ1) is 10.1. The summed E-state index contributed by atoms with van der Waals surface area (Å²) in [5.74, 6) is -0.660. The fourth-order valence-electron chi connectivity index (χ4n) is 2.09. The van der Waals surface area contributed by atoms with Crippen LogP contribution < -0.4 is 0 Å². The number of aliphatic hydroxyl groups is 1. The van der Waals surface area contributed by atoms with Crippen LogP contribution in [0.3, 0.4) is 0 Å². The fraction of sp³-hybridized carbons (Fsp3) is 0.188. The van der Waals surface area contributed by atoms with Crippen molar-refractivity contribution in [3.63, 3.8) is 0 Å². The van der Waals surface area contributed by atoms with Crippen LogP contribution in [-0.4, -0.2) is 18.2 Å². The number of alkyl halides is 2. The molecule has 0 aliphatic carbocycles. The van der Waals surface area contributed by atoms with Crippen LogP contribution in [0, 0.1) is 0 Å². The van der Waals surface area contributed by atoms with Gasteiger partial charge in [-0.05, 0) is 34.9 Å². The molecule has 21 heavy (non-hydrogen) atoms. The predicted molar refractivity (Wildman–Crippen MR) is 74.1 cm³/mol. The van der Waals surface area contributed by atoms with Crippen molar-refractivity contribution in [1.29, 1.82) is 0 Å². The molecule has 5 heteroatoms. The standard InChI is InChI=1S/C16H14F2O3/c1-21-16(20)12-5-6-13(14(8-12)15(17)18)11-4-2-3-10(7-11)9-19/h2-8,15,19H,9H2,1H3. The number of methoxy groups -OCH3 is 1. The molecule has 110 valence electrons. The molecular weight excluding hydrogens is 278 g/mol. The number of rotatable bonds is 4. The van der Waals surface area contributed by atoms with Crippen molar-refractivity contribution in [3.8, 4) is 11.1 Å². The van der Waals surface area contributed by atoms with E-state index in [0.717, 1.165) is 6.07 Å². The lowest BCUT2D eigenvalue weighted by Gasteiger charge is -2.11. The van der Waals surface area contributed by atoms with E-state index in [1.807, 2.05) is 0 Å². The first-order valence-corrected chi connectivity index (χ1v) is 6.27. The van der Waals surface area contributed by atoms with Gasteiger partial charge in [0.1, 0.15) is 0 Å². The van der Waals surface area contributed by atoms with Crippen LogP contribution >= 0.6 is 0 Å². The minimum absolute atomic E-state index is 0.0786. The molecule has 0 spiro atoms. The van der Waals surface area contributed by atoms with E-state index in [4.69, 9.17) is 5.11 Å². The van der Waals surface area contributed by atoms with Gasteiger partial charge in [0.15, 0.2) is 0 Å². The Bertz CT molecular complexity index is 654. The molecule has 2 aromatic carbocycles. The third kappa shape index (κ3) is 3.25. The molecule has 0 aliphatic rings. The van der Waals surface area contributed by atoms with Gasteiger partial charge in [-0.25, -0.2) is 13.6 Å². The Morgan fingerprint density at radius 2 is 2.00 bits per heavy atom. The van der Waals surface area contributed by atoms with E-state index >= 15 is 0 Å². The van der Waals surface area contributed by atoms with Gasteiger partial charge in [-0.1, -0.05) is 24.3 Å². The van der Waals surface area contributed by atoms with Crippen LogP contribution in [0.15, 0.2) is 42.5 Å². The normalized spacial score (nSPS) is 10.7. The monoisotopic (exact) mass is 292 g/mol. The number of hydrogen-bond acceptors (Lipinski definition) is 3. The van der Waals surface area contributed by atoms with E-state index in [2.05, 4.69) is 4.74 Å². The van der Waals surface area contributed by atoms with Gasteiger partial charge in [0, 0.05) is 5.56 Å². The fourth-order valence-corrected chi connectivity index (χ4v) is 2.09. The summed E-state index contributed by atoms with van der Waals surface area (Å²) in [5.41, 5.74) is 1.36. The summed E-state index contributed by atoms with van der Waals surface area (Å²) in [4.78, 5) is 11.4. The van der Waals surface area contributed by atoms with E-state index in [1.54, 1.807) is 24.3 Å². The van der Waals surface area contributed by atoms with Crippen molar-refractivity contribution in [1.82, 2.24) is 0 Å². The zero-order valence-electron chi connectivity index (χ0n) is 11.3. The van der Waals surface area contributed by atoms with Gasteiger partial charge >= 0.3 is 5.97 Å². The van der Waals surface area contributed by atoms with Crippen molar-refractivity contribution < 1.29 is 23.4 Å². The van der Waals surface area contributed by atoms with E-state index in [1.165, 1.54) is 19.2 Å². The summed E-state index contributed by atoms with van der Waals surface area (Å²) in [5, 5.41) is 9.13. The Morgan fingerprint density at radius 1 is 1.24 bits per heavy atom. The van der Waals surface area contributed by atoms with Gasteiger partial charge in [0.05, 0.1) is 19.3 Å². The lowest BCUT2D eigenvalue weighted by atomic mass is 9.96. The zero-order chi connectivity index (χ0) is 15.4. The molecular formula is C16H14F2O3. The van der Waals surface area contributed by atoms with Crippen LogP contribution in [0.25, 0.3) is 11.1 Å². The second-order valence-corrected chi connectivity index (χ2v) is 4.45. The third-order valence-electron chi connectivity index (χ3n) is 3.13. The maximum absolute atomic E-state index is 13.2. The Balaban J connectivity index is 2.54. The second-order valence-electron chi connectivity index (χ2n) is 4.45. The molecule has 0 fully saturated rings. The Morgan fingerprint density at radius 3 is 2.62 bits per heavy atom. The summed E-state index contributed by atoms with van der Waals surface area (Å²) in [6.07, 6.45) is -2.72. The zero-order valence-corrected chi connectivity index (χ0v) is 11.3. The molecule has 0 heterocycles. The number of aliphatic hydroxyl groups excluding tert-OH is 1. The van der Waals surface area contributed by atoms with Crippen molar-refractivity contribution in [2.45, 2.75) is 13.0 Å². The molecule has 2 rings (SSSR count). The number of esters is 1. The summed E-state index contributed by atoms with van der Waals surface area (Å²) < 4.78 is 31.0. The smallest absolute Gasteiger partial charge is 0.337 e. The highest BCUT2D eigenvalue weighted by molar-refractivity contribution is 5.90. The number of ether oxygens (including phenoxy) is 1. The summed E-state index contributed by atoms with van der Waals surface area (Å²) in [6.45, 7) is -0.169. The second kappa shape index (κ2) is 6.45. The molecule has 0 radical (unpaired) electrons. The van der Waals surface area contributed by atoms with E-state index < -0.39 is 12.4 Å². The van der Waals surface area contributed by atoms with E-state index in [9.17, 15) is 13.6 Å². The molecule has 3 nitrogen and oxygen atoms in total. The Kier molecular flexibility index (Phi) is 4.65. The predicted octanol–water partition coefficient (Wildman–Crippen LogP) is 3.57. The largest absolute Gasteiger partial charge is 0.465 e. The van der Waals surface area contributed by atoms with Crippen molar-refractivity contribution in [2.75, 3.05) is 7.11 Å². The molecule has 2 aromatic rings. The molecule has 0 unspecified atom stereocenters. The molecule has 1 N–H and O–H groups in total. The average molecular weight is 292 g/mol. The minimum Gasteiger partial charge on any atom is -0.465 e. The van der Waals surface area contributed by atoms with E-state index in [-0.39, 0.29) is 17.7 Å². The minimum atomic E-state index is -2.72. The molecule has 0 saturated heterocycles. The van der Waals surface area contributed by atoms with Crippen LogP contribution in [-0.2, 0) is 11.3 Å². The maximum Gasteiger partial charge on any atom is 0.337 e. The van der Waals surface area contributed by atoms with Crippen LogP contribution in [0.5, 0.6) is 0 Å². The molecule has 0 bridgehead atoms. The number of carbonyl (C=O) groups is 1. The molecule has 0 amide bonds. The number of carbonyl (C=O) groups excluding carboxylic acids is 1. The topological polar surface area (TPSA) is 46.5 Å². The average Bonchev–Trinajstić information content (AvgIpc) is 2.53. The lowest BCUT2D eigenvalue weighted by Crippen LogP contribution is -2.03. The summed E-state index contributed by atoms with van der Waals surface area (Å²) in [7, 11) is 1.20. The van der Waals surface area contributed by atoms with Crippen molar-refractivity contribution in [2.24, 2.45) is 0 Å². The molecule has 0 atom stereocenters. The highest BCUT2D eigenvalue weighted by atomic mass is 19.3. The molecule has 0 aromatic heterocycles. The highest BCUT2D eigenvalue weighted by Gasteiger charge is 2.17. The van der Waals surface area contributed by atoms with Gasteiger partial charge in [-0.15, -0.1) is 0 Å². The highest BCUT2D eigenvalue weighted by Crippen LogP contribution is 2.32. The quantitative estimate of drug-likeness (QED) is 0.876. The van der Waals surface area contributed by atoms with Gasteiger partial charge in [-0.3, -0.25) is 0 Å². The van der Waals surface area contributed by atoms with E-state index in [0.29, 0.717) is 16.7 Å². The lowest BCUT2D eigenvalue weighted by molar-refractivity contribution is 0.0600. The molecule has 0 saturated carbocycles. The van der Waals surface area contributed by atoms with Crippen LogP contribution in [0.1, 0.15) is 27.9 Å². The summed E-state index contributed by atoms with van der Waals surface area (Å²) >= 11 is 0. The van der Waals surface area contributed by atoms with Crippen molar-refractivity contribution >= 4 is 5.97 Å². The number of benzene rings is 2. The van der Waals surface area contributed by atoms with Crippen LogP contribution in [0.2, 0.25) is 0 Å². The van der Waals surface area contributed by atoms with Gasteiger partial charge in [0.2, 0.25) is 0 Å². The van der Waals surface area contributed by atoms with Crippen LogP contribution in [0.4, 0.5) is 8.78 Å². The molecule has 0 aliphatic heterocycles. The van der Waals surface area contributed by atoms with Gasteiger partial charge in [0.25, 0.3) is 6.43 Å². The Hall–Kier alpha value is -2.27. The number of hydrogen-bond donors (Lipinski definition) is 1. The summed E-state index contributed by atoms with van der Waals surface area (Å²) in [6, 6.07) is 10.7. The van der Waals surface area contributed by atoms with Gasteiger partial charge in [-0.2, -0.15) is 0 Å². The first-order valence-electron chi connectivity index (χ1n) is 6.27. The van der Waals surface area contributed by atoms with Crippen molar-refractivity contribution in [3.05, 3.63) is 59.2 Å². The Labute approximate surface area is 120 Å². The third-order valence-corrected chi connectivity index (χ3v) is 3.13.